The van der Waals surface area contributed by atoms with Crippen LogP contribution >= 0.6 is 11.6 Å². The number of aromatic nitrogens is 2. The number of anilines is 2. The smallest absolute Gasteiger partial charge is 0.247 e. The predicted octanol–water partition coefficient (Wildman–Crippen LogP) is 5.89. The van der Waals surface area contributed by atoms with E-state index in [0.29, 0.717) is 39.0 Å². The molecule has 4 aromatic rings. The van der Waals surface area contributed by atoms with Crippen molar-refractivity contribution in [2.45, 2.75) is 6.92 Å². The molecular formula is C23H17ClFN3O3. The molecule has 0 N–H and O–H groups in total. The summed E-state index contributed by atoms with van der Waals surface area (Å²) in [6.45, 7) is 1.40. The van der Waals surface area contributed by atoms with Crippen LogP contribution in [-0.4, -0.2) is 23.2 Å². The number of carbonyl (C=O) groups is 1. The number of methoxy groups -OCH3 is 1. The Morgan fingerprint density at radius 2 is 1.84 bits per heavy atom. The molecule has 2 aromatic heterocycles. The summed E-state index contributed by atoms with van der Waals surface area (Å²) in [5.41, 5.74) is 2.66. The number of halogens is 2. The van der Waals surface area contributed by atoms with Crippen LogP contribution in [0.25, 0.3) is 22.4 Å². The highest BCUT2D eigenvalue weighted by Gasteiger charge is 2.29. The maximum absolute atomic E-state index is 13.5. The van der Waals surface area contributed by atoms with Crippen LogP contribution in [0.3, 0.4) is 0 Å². The Morgan fingerprint density at radius 1 is 1.10 bits per heavy atom. The number of carbonyl (C=O) groups excluding carboxylic acids is 1. The Morgan fingerprint density at radius 3 is 2.52 bits per heavy atom. The summed E-state index contributed by atoms with van der Waals surface area (Å²) >= 11 is 6.37. The molecule has 0 saturated heterocycles. The second kappa shape index (κ2) is 8.57. The molecule has 0 saturated carbocycles. The van der Waals surface area contributed by atoms with Crippen molar-refractivity contribution < 1.29 is 18.4 Å². The average Bonchev–Trinajstić information content (AvgIpc) is 3.20. The third kappa shape index (κ3) is 4.00. The first kappa shape index (κ1) is 20.6. The lowest BCUT2D eigenvalue weighted by atomic mass is 10.0. The average molecular weight is 438 g/mol. The number of hydrogen-bond acceptors (Lipinski definition) is 5. The van der Waals surface area contributed by atoms with Gasteiger partial charge in [-0.15, -0.1) is 0 Å². The highest BCUT2D eigenvalue weighted by molar-refractivity contribution is 6.34. The number of rotatable bonds is 5. The zero-order chi connectivity index (χ0) is 22.0. The van der Waals surface area contributed by atoms with Crippen molar-refractivity contribution in [3.63, 3.8) is 0 Å². The fraction of sp³-hybridized carbons (Fsp3) is 0.0870. The molecule has 0 aliphatic heterocycles. The number of nitrogens with zero attached hydrogens (tertiary/aromatic N) is 3. The van der Waals surface area contributed by atoms with Gasteiger partial charge in [0.15, 0.2) is 0 Å². The Hall–Kier alpha value is -3.71. The molecule has 2 aromatic carbocycles. The first-order chi connectivity index (χ1) is 15.0. The quantitative estimate of drug-likeness (QED) is 0.389. The van der Waals surface area contributed by atoms with Crippen molar-refractivity contribution in [2.75, 3.05) is 12.0 Å². The monoisotopic (exact) mass is 437 g/mol. The van der Waals surface area contributed by atoms with E-state index in [-0.39, 0.29) is 17.6 Å². The summed E-state index contributed by atoms with van der Waals surface area (Å²) in [5.74, 6) is -0.145. The van der Waals surface area contributed by atoms with Gasteiger partial charge >= 0.3 is 0 Å². The molecule has 0 aliphatic rings. The van der Waals surface area contributed by atoms with Crippen molar-refractivity contribution in [1.29, 1.82) is 0 Å². The molecule has 0 fully saturated rings. The van der Waals surface area contributed by atoms with E-state index in [1.54, 1.807) is 54.7 Å². The highest BCUT2D eigenvalue weighted by atomic mass is 35.5. The second-order valence-corrected chi connectivity index (χ2v) is 7.02. The van der Waals surface area contributed by atoms with Crippen molar-refractivity contribution in [2.24, 2.45) is 0 Å². The maximum Gasteiger partial charge on any atom is 0.247 e. The third-order valence-electron chi connectivity index (χ3n) is 4.64. The fourth-order valence-electron chi connectivity index (χ4n) is 3.23. The van der Waals surface area contributed by atoms with E-state index in [2.05, 4.69) is 10.1 Å². The molecule has 0 spiro atoms. The van der Waals surface area contributed by atoms with Crippen LogP contribution in [0.1, 0.15) is 6.92 Å². The highest BCUT2D eigenvalue weighted by Crippen LogP contribution is 2.44. The Labute approximate surface area is 182 Å². The van der Waals surface area contributed by atoms with Crippen LogP contribution in [0.4, 0.5) is 16.0 Å². The van der Waals surface area contributed by atoms with Crippen LogP contribution < -0.4 is 9.64 Å². The molecule has 156 valence electrons. The molecule has 0 atom stereocenters. The van der Waals surface area contributed by atoms with Gasteiger partial charge in [0.25, 0.3) is 0 Å². The number of amides is 1. The molecule has 8 heteroatoms. The molecular weight excluding hydrogens is 421 g/mol. The van der Waals surface area contributed by atoms with Gasteiger partial charge in [0.1, 0.15) is 11.5 Å². The molecule has 6 nitrogen and oxygen atoms in total. The lowest BCUT2D eigenvalue weighted by molar-refractivity contribution is -0.116. The molecule has 4 rings (SSSR count). The minimum atomic E-state index is -0.374. The van der Waals surface area contributed by atoms with E-state index < -0.39 is 0 Å². The molecule has 1 amide bonds. The summed E-state index contributed by atoms with van der Waals surface area (Å²) in [4.78, 5) is 18.2. The summed E-state index contributed by atoms with van der Waals surface area (Å²) in [6, 6.07) is 16.2. The Kier molecular flexibility index (Phi) is 5.68. The standard InChI is InChI=1S/C23H17ClFN3O3/c1-14(29)28(19-6-4-3-5-18(19)24)23-21(16-11-12-26-20(13-16)30-2)22(27-31-23)15-7-9-17(25)10-8-15/h3-13H,1-2H3. The first-order valence-corrected chi connectivity index (χ1v) is 9.68. The SMILES string of the molecule is COc1cc(-c2c(-c3ccc(F)cc3)noc2N(C(C)=O)c2ccccc2Cl)ccn1. The molecule has 0 aliphatic carbocycles. The van der Waals surface area contributed by atoms with E-state index in [4.69, 9.17) is 20.9 Å². The maximum atomic E-state index is 13.5. The molecule has 0 radical (unpaired) electrons. The van der Waals surface area contributed by atoms with Gasteiger partial charge in [0, 0.05) is 24.8 Å². The molecule has 0 bridgehead atoms. The minimum Gasteiger partial charge on any atom is -0.481 e. The Bertz CT molecular complexity index is 1240. The number of para-hydroxylation sites is 1. The number of hydrogen-bond donors (Lipinski definition) is 0. The number of ether oxygens (including phenoxy) is 1. The van der Waals surface area contributed by atoms with Crippen molar-refractivity contribution in [3.05, 3.63) is 77.7 Å². The second-order valence-electron chi connectivity index (χ2n) is 6.61. The van der Waals surface area contributed by atoms with Crippen LogP contribution in [0, 0.1) is 5.82 Å². The number of benzene rings is 2. The molecule has 31 heavy (non-hydrogen) atoms. The van der Waals surface area contributed by atoms with Crippen LogP contribution in [0.5, 0.6) is 5.88 Å². The number of pyridine rings is 1. The lowest BCUT2D eigenvalue weighted by Crippen LogP contribution is -2.23. The summed E-state index contributed by atoms with van der Waals surface area (Å²) < 4.78 is 24.4. The normalized spacial score (nSPS) is 10.7. The van der Waals surface area contributed by atoms with Gasteiger partial charge in [-0.05, 0) is 48.0 Å². The lowest BCUT2D eigenvalue weighted by Gasteiger charge is -2.20. The van der Waals surface area contributed by atoms with Gasteiger partial charge < -0.3 is 9.26 Å². The van der Waals surface area contributed by atoms with Gasteiger partial charge in [0.2, 0.25) is 17.7 Å². The van der Waals surface area contributed by atoms with Gasteiger partial charge in [0.05, 0.1) is 23.4 Å². The van der Waals surface area contributed by atoms with E-state index >= 15 is 0 Å². The fourth-order valence-corrected chi connectivity index (χ4v) is 3.45. The van der Waals surface area contributed by atoms with Gasteiger partial charge in [-0.1, -0.05) is 28.9 Å². The largest absolute Gasteiger partial charge is 0.481 e. The Balaban J connectivity index is 1.99. The zero-order valence-electron chi connectivity index (χ0n) is 16.7. The first-order valence-electron chi connectivity index (χ1n) is 9.31. The van der Waals surface area contributed by atoms with E-state index in [1.165, 1.54) is 31.1 Å². The van der Waals surface area contributed by atoms with Crippen LogP contribution in [-0.2, 0) is 4.79 Å². The van der Waals surface area contributed by atoms with Crippen molar-refractivity contribution in [1.82, 2.24) is 10.1 Å². The van der Waals surface area contributed by atoms with Gasteiger partial charge in [-0.2, -0.15) is 0 Å². The topological polar surface area (TPSA) is 68.5 Å². The molecule has 2 heterocycles. The van der Waals surface area contributed by atoms with Crippen LogP contribution in [0.15, 0.2) is 71.4 Å². The van der Waals surface area contributed by atoms with E-state index in [1.807, 2.05) is 0 Å². The van der Waals surface area contributed by atoms with Gasteiger partial charge in [-0.3, -0.25) is 4.79 Å². The third-order valence-corrected chi connectivity index (χ3v) is 4.96. The summed E-state index contributed by atoms with van der Waals surface area (Å²) in [6.07, 6.45) is 1.58. The predicted molar refractivity (Wildman–Crippen MR) is 116 cm³/mol. The van der Waals surface area contributed by atoms with E-state index in [9.17, 15) is 9.18 Å². The minimum absolute atomic E-state index is 0.174. The summed E-state index contributed by atoms with van der Waals surface area (Å²) in [5, 5.41) is 4.58. The zero-order valence-corrected chi connectivity index (χ0v) is 17.4. The van der Waals surface area contributed by atoms with Crippen molar-refractivity contribution >= 4 is 29.1 Å². The molecule has 0 unspecified atom stereocenters. The van der Waals surface area contributed by atoms with Gasteiger partial charge in [-0.25, -0.2) is 14.3 Å². The summed E-state index contributed by atoms with van der Waals surface area (Å²) in [7, 11) is 1.51. The van der Waals surface area contributed by atoms with Crippen LogP contribution in [0.2, 0.25) is 5.02 Å². The van der Waals surface area contributed by atoms with Crippen molar-refractivity contribution in [3.8, 4) is 28.3 Å². The van der Waals surface area contributed by atoms with E-state index in [0.717, 1.165) is 0 Å².